The van der Waals surface area contributed by atoms with E-state index >= 15 is 0 Å². The van der Waals surface area contributed by atoms with Gasteiger partial charge in [0, 0.05) is 52.4 Å². The van der Waals surface area contributed by atoms with E-state index in [2.05, 4.69) is 28.6 Å². The highest BCUT2D eigenvalue weighted by molar-refractivity contribution is 7.13. The van der Waals surface area contributed by atoms with E-state index in [4.69, 9.17) is 10.1 Å². The Hall–Kier alpha value is -4.73. The predicted octanol–water partition coefficient (Wildman–Crippen LogP) is 6.59. The van der Waals surface area contributed by atoms with E-state index < -0.39 is 11.1 Å². The van der Waals surface area contributed by atoms with E-state index in [-0.39, 0.29) is 24.7 Å². The summed E-state index contributed by atoms with van der Waals surface area (Å²) in [6.45, 7) is 1.75. The van der Waals surface area contributed by atoms with Crippen molar-refractivity contribution in [2.75, 3.05) is 0 Å². The number of carbonyl (C=O) groups excluding carboxylic acids is 2. The Kier molecular flexibility index (Phi) is 5.21. The fraction of sp³-hybridized carbons (Fsp3) is 0.229. The summed E-state index contributed by atoms with van der Waals surface area (Å²) in [5, 5.41) is 18.7. The average Bonchev–Trinajstić information content (AvgIpc) is 3.43. The number of imide groups is 1. The molecule has 0 radical (unpaired) electrons. The highest BCUT2D eigenvalue weighted by Gasteiger charge is 2.60. The van der Waals surface area contributed by atoms with Gasteiger partial charge in [0.25, 0.3) is 11.8 Å². The number of hydrogen-bond acceptors (Lipinski definition) is 7. The SMILES string of the molecule is C[C@]1(O)C[C@@](c2ccc(-c3nc4c(cnc5cc(C6CC6)nn54)cc3-c3cccs3)cc2)(N2C(=O)c3ccccc3C2=O)C1. The molecule has 0 spiro atoms. The van der Waals surface area contributed by atoms with Gasteiger partial charge in [0.05, 0.1) is 33.7 Å². The van der Waals surface area contributed by atoms with Crippen molar-refractivity contribution in [3.8, 4) is 21.7 Å². The predicted molar refractivity (Wildman–Crippen MR) is 167 cm³/mol. The molecule has 0 unspecified atom stereocenters. The summed E-state index contributed by atoms with van der Waals surface area (Å²) in [6, 6.07) is 23.2. The van der Waals surface area contributed by atoms with Crippen LogP contribution in [0.4, 0.5) is 0 Å². The molecule has 5 heterocycles. The molecule has 216 valence electrons. The lowest BCUT2D eigenvalue weighted by molar-refractivity contribution is -0.118. The second-order valence-corrected chi connectivity index (χ2v) is 13.5. The van der Waals surface area contributed by atoms with Crippen LogP contribution >= 0.6 is 11.3 Å². The van der Waals surface area contributed by atoms with E-state index in [1.165, 1.54) is 4.90 Å². The summed E-state index contributed by atoms with van der Waals surface area (Å²) in [5.74, 6) is -0.126. The maximum Gasteiger partial charge on any atom is 0.262 e. The lowest BCUT2D eigenvalue weighted by Gasteiger charge is -2.55. The van der Waals surface area contributed by atoms with Crippen LogP contribution < -0.4 is 0 Å². The van der Waals surface area contributed by atoms with E-state index in [9.17, 15) is 14.7 Å². The zero-order valence-electron chi connectivity index (χ0n) is 23.9. The summed E-state index contributed by atoms with van der Waals surface area (Å²) in [4.78, 5) is 39.5. The lowest BCUT2D eigenvalue weighted by atomic mass is 9.61. The lowest BCUT2D eigenvalue weighted by Crippen LogP contribution is -2.63. The first kappa shape index (κ1) is 25.7. The molecular formula is C35H27N5O3S. The van der Waals surface area contributed by atoms with Gasteiger partial charge in [-0.1, -0.05) is 42.5 Å². The van der Waals surface area contributed by atoms with Gasteiger partial charge in [-0.25, -0.2) is 9.97 Å². The minimum Gasteiger partial charge on any atom is -0.390 e. The maximum absolute atomic E-state index is 13.6. The summed E-state index contributed by atoms with van der Waals surface area (Å²) < 4.78 is 1.85. The number of nitrogens with zero attached hydrogens (tertiary/aromatic N) is 5. The number of benzene rings is 2. The van der Waals surface area contributed by atoms with Crippen LogP contribution in [0.15, 0.2) is 84.4 Å². The third kappa shape index (κ3) is 3.69. The second kappa shape index (κ2) is 8.90. The van der Waals surface area contributed by atoms with Crippen LogP contribution in [0.5, 0.6) is 0 Å². The van der Waals surface area contributed by atoms with Crippen LogP contribution in [0.25, 0.3) is 38.4 Å². The van der Waals surface area contributed by atoms with Crippen molar-refractivity contribution in [3.05, 3.63) is 107 Å². The Labute approximate surface area is 256 Å². The van der Waals surface area contributed by atoms with Crippen molar-refractivity contribution < 1.29 is 14.7 Å². The molecule has 44 heavy (non-hydrogen) atoms. The van der Waals surface area contributed by atoms with Gasteiger partial charge in [0.2, 0.25) is 0 Å². The highest BCUT2D eigenvalue weighted by Crippen LogP contribution is 2.54. The molecule has 6 aromatic rings. The van der Waals surface area contributed by atoms with Crippen LogP contribution in [0.3, 0.4) is 0 Å². The minimum absolute atomic E-state index is 0.271. The number of amides is 2. The van der Waals surface area contributed by atoms with Crippen molar-refractivity contribution in [1.29, 1.82) is 0 Å². The van der Waals surface area contributed by atoms with Crippen molar-refractivity contribution in [3.63, 3.8) is 0 Å². The zero-order valence-corrected chi connectivity index (χ0v) is 24.7. The third-order valence-corrected chi connectivity index (χ3v) is 10.2. The maximum atomic E-state index is 13.6. The first-order valence-corrected chi connectivity index (χ1v) is 15.7. The first-order chi connectivity index (χ1) is 21.3. The summed E-state index contributed by atoms with van der Waals surface area (Å²) >= 11 is 1.65. The third-order valence-electron chi connectivity index (χ3n) is 9.32. The van der Waals surface area contributed by atoms with E-state index in [0.29, 0.717) is 17.0 Å². The van der Waals surface area contributed by atoms with Gasteiger partial charge in [0.15, 0.2) is 11.3 Å². The molecule has 0 bridgehead atoms. The van der Waals surface area contributed by atoms with Crippen molar-refractivity contribution in [2.24, 2.45) is 0 Å². The van der Waals surface area contributed by atoms with Gasteiger partial charge in [-0.05, 0) is 55.0 Å². The molecule has 2 saturated carbocycles. The van der Waals surface area contributed by atoms with Crippen LogP contribution in [0, 0.1) is 0 Å². The van der Waals surface area contributed by atoms with Gasteiger partial charge in [-0.15, -0.1) is 11.3 Å². The molecule has 1 aliphatic heterocycles. The molecule has 9 rings (SSSR count). The quantitative estimate of drug-likeness (QED) is 0.225. The van der Waals surface area contributed by atoms with E-state index in [1.54, 1.807) is 42.5 Å². The molecule has 9 heteroatoms. The monoisotopic (exact) mass is 597 g/mol. The van der Waals surface area contributed by atoms with Gasteiger partial charge < -0.3 is 5.11 Å². The van der Waals surface area contributed by atoms with Gasteiger partial charge in [-0.3, -0.25) is 14.5 Å². The topological polar surface area (TPSA) is 101 Å². The van der Waals surface area contributed by atoms with E-state index in [1.807, 2.05) is 41.0 Å². The van der Waals surface area contributed by atoms with Gasteiger partial charge >= 0.3 is 0 Å². The molecule has 4 aromatic heterocycles. The first-order valence-electron chi connectivity index (χ1n) is 14.9. The Morgan fingerprint density at radius 2 is 1.64 bits per heavy atom. The van der Waals surface area contributed by atoms with Crippen LogP contribution in [0.2, 0.25) is 0 Å². The molecule has 8 nitrogen and oxygen atoms in total. The molecule has 1 N–H and O–H groups in total. The van der Waals surface area contributed by atoms with E-state index in [0.717, 1.165) is 62.5 Å². The smallest absolute Gasteiger partial charge is 0.262 e. The highest BCUT2D eigenvalue weighted by atomic mass is 32.1. The Balaban J connectivity index is 1.17. The number of carbonyl (C=O) groups is 2. The number of hydrogen-bond donors (Lipinski definition) is 1. The molecule has 2 aliphatic carbocycles. The normalized spacial score (nSPS) is 23.0. The summed E-state index contributed by atoms with van der Waals surface area (Å²) in [6.07, 6.45) is 4.73. The minimum atomic E-state index is -0.983. The molecule has 0 saturated heterocycles. The fourth-order valence-electron chi connectivity index (χ4n) is 7.19. The standard InChI is InChI=1S/C35H27N5O3S/c1-34(43)18-35(19-34,39-32(41)24-5-2-3-6-25(24)33(39)42)23-12-10-21(11-13-23)30-26(28-7-4-14-44-28)15-22-17-36-29-16-27(20-8-9-20)38-40(29)31(22)37-30/h2-7,10-17,20,43H,8-9,18-19H2,1H3/t34-,35+. The van der Waals surface area contributed by atoms with Crippen LogP contribution in [0.1, 0.15) is 70.5 Å². The van der Waals surface area contributed by atoms with Gasteiger partial charge in [0.1, 0.15) is 0 Å². The molecule has 2 fully saturated rings. The largest absolute Gasteiger partial charge is 0.390 e. The Morgan fingerprint density at radius 3 is 2.27 bits per heavy atom. The Bertz CT molecular complexity index is 2120. The van der Waals surface area contributed by atoms with Gasteiger partial charge in [-0.2, -0.15) is 9.61 Å². The number of pyridine rings is 1. The van der Waals surface area contributed by atoms with Crippen LogP contribution in [-0.2, 0) is 5.54 Å². The fourth-order valence-corrected chi connectivity index (χ4v) is 7.93. The van der Waals surface area contributed by atoms with Crippen molar-refractivity contribution in [1.82, 2.24) is 24.5 Å². The number of rotatable bonds is 5. The number of fused-ring (bicyclic) bond motifs is 4. The number of aliphatic hydroxyl groups is 1. The zero-order chi connectivity index (χ0) is 29.8. The number of thiophene rings is 1. The summed E-state index contributed by atoms with van der Waals surface area (Å²) in [7, 11) is 0. The summed E-state index contributed by atoms with van der Waals surface area (Å²) in [5.41, 5.74) is 5.03. The molecule has 3 aliphatic rings. The number of aromatic nitrogens is 4. The molecular weight excluding hydrogens is 570 g/mol. The van der Waals surface area contributed by atoms with Crippen molar-refractivity contribution in [2.45, 2.75) is 49.7 Å². The van der Waals surface area contributed by atoms with Crippen molar-refractivity contribution >= 4 is 39.8 Å². The molecule has 2 aromatic carbocycles. The molecule has 0 atom stereocenters. The Morgan fingerprint density at radius 1 is 0.909 bits per heavy atom. The molecule has 2 amide bonds. The average molecular weight is 598 g/mol. The second-order valence-electron chi connectivity index (χ2n) is 12.6. The van der Waals surface area contributed by atoms with Crippen LogP contribution in [-0.4, -0.2) is 47.0 Å².